The molecule has 9 heteroatoms. The molecule has 2 heterocycles. The van der Waals surface area contributed by atoms with Gasteiger partial charge in [-0.15, -0.1) is 10.2 Å². The molecule has 1 aliphatic heterocycles. The van der Waals surface area contributed by atoms with Crippen molar-refractivity contribution < 1.29 is 23.5 Å². The van der Waals surface area contributed by atoms with Gasteiger partial charge in [0, 0.05) is 19.5 Å². The summed E-state index contributed by atoms with van der Waals surface area (Å²) in [5.74, 6) is 0.990. The Bertz CT molecular complexity index is 871. The molecular formula is C18H22N4O5. The molecule has 0 aliphatic carbocycles. The monoisotopic (exact) mass is 374 g/mol. The Labute approximate surface area is 156 Å². The second-order valence-corrected chi connectivity index (χ2v) is 7.22. The number of benzene rings is 1. The Kier molecular flexibility index (Phi) is 4.77. The second kappa shape index (κ2) is 6.90. The van der Waals surface area contributed by atoms with E-state index in [0.29, 0.717) is 28.8 Å². The lowest BCUT2D eigenvalue weighted by atomic mass is 10.1. The molecule has 1 aliphatic rings. The number of fused-ring (bicyclic) bond motifs is 1. The molecule has 1 aromatic heterocycles. The molecule has 2 aromatic rings. The SMILES string of the molecule is Cc1nnc(-c2ccc3c(c2)OC[C@H](NC(=O)OC(C)(C)C)C(=O)N3C)o1. The molecule has 0 radical (unpaired) electrons. The van der Waals surface area contributed by atoms with Gasteiger partial charge in [-0.3, -0.25) is 4.79 Å². The van der Waals surface area contributed by atoms with Crippen LogP contribution >= 0.6 is 0 Å². The van der Waals surface area contributed by atoms with Gasteiger partial charge in [0.15, 0.2) is 0 Å². The van der Waals surface area contributed by atoms with Crippen LogP contribution < -0.4 is 15.0 Å². The summed E-state index contributed by atoms with van der Waals surface area (Å²) >= 11 is 0. The zero-order valence-electron chi connectivity index (χ0n) is 15.9. The van der Waals surface area contributed by atoms with E-state index in [1.54, 1.807) is 52.9 Å². The van der Waals surface area contributed by atoms with E-state index in [1.165, 1.54) is 4.90 Å². The van der Waals surface area contributed by atoms with Crippen LogP contribution in [0.25, 0.3) is 11.5 Å². The lowest BCUT2D eigenvalue weighted by Gasteiger charge is -2.23. The lowest BCUT2D eigenvalue weighted by molar-refractivity contribution is -0.120. The molecule has 1 aromatic carbocycles. The van der Waals surface area contributed by atoms with Crippen LogP contribution in [-0.4, -0.2) is 47.5 Å². The number of hydrogen-bond acceptors (Lipinski definition) is 7. The van der Waals surface area contributed by atoms with Crippen LogP contribution in [0.15, 0.2) is 22.6 Å². The maximum atomic E-state index is 12.7. The molecule has 0 saturated heterocycles. The van der Waals surface area contributed by atoms with Crippen LogP contribution in [0.4, 0.5) is 10.5 Å². The van der Waals surface area contributed by atoms with E-state index in [-0.39, 0.29) is 12.5 Å². The van der Waals surface area contributed by atoms with Crippen molar-refractivity contribution >= 4 is 17.7 Å². The molecule has 2 amide bonds. The van der Waals surface area contributed by atoms with E-state index < -0.39 is 17.7 Å². The molecule has 1 N–H and O–H groups in total. The van der Waals surface area contributed by atoms with Crippen LogP contribution in [0.5, 0.6) is 5.75 Å². The highest BCUT2D eigenvalue weighted by molar-refractivity contribution is 6.00. The molecule has 0 saturated carbocycles. The third-order valence-corrected chi connectivity index (χ3v) is 3.82. The Hall–Kier alpha value is -3.10. The Morgan fingerprint density at radius 2 is 2.07 bits per heavy atom. The van der Waals surface area contributed by atoms with Gasteiger partial charge in [0.2, 0.25) is 11.8 Å². The summed E-state index contributed by atoms with van der Waals surface area (Å²) in [7, 11) is 1.62. The third kappa shape index (κ3) is 4.18. The number of carbonyl (C=O) groups excluding carboxylic acids is 2. The molecular weight excluding hydrogens is 352 g/mol. The van der Waals surface area contributed by atoms with E-state index >= 15 is 0 Å². The first-order valence-electron chi connectivity index (χ1n) is 8.48. The van der Waals surface area contributed by atoms with Crippen LogP contribution in [0.1, 0.15) is 26.7 Å². The number of anilines is 1. The minimum absolute atomic E-state index is 0.0261. The van der Waals surface area contributed by atoms with E-state index in [9.17, 15) is 9.59 Å². The highest BCUT2D eigenvalue weighted by Gasteiger charge is 2.32. The number of aromatic nitrogens is 2. The molecule has 144 valence electrons. The normalized spacial score (nSPS) is 17.0. The highest BCUT2D eigenvalue weighted by Crippen LogP contribution is 2.34. The van der Waals surface area contributed by atoms with E-state index in [4.69, 9.17) is 13.9 Å². The molecule has 0 spiro atoms. The van der Waals surface area contributed by atoms with Crippen molar-refractivity contribution in [3.05, 3.63) is 24.1 Å². The Morgan fingerprint density at radius 1 is 1.33 bits per heavy atom. The van der Waals surface area contributed by atoms with Gasteiger partial charge in [-0.25, -0.2) is 4.79 Å². The first kappa shape index (κ1) is 18.7. The largest absolute Gasteiger partial charge is 0.489 e. The maximum absolute atomic E-state index is 12.7. The lowest BCUT2D eigenvalue weighted by Crippen LogP contribution is -2.50. The molecule has 3 rings (SSSR count). The highest BCUT2D eigenvalue weighted by atomic mass is 16.6. The fourth-order valence-electron chi connectivity index (χ4n) is 2.60. The molecule has 1 atom stereocenters. The number of hydrogen-bond donors (Lipinski definition) is 1. The van der Waals surface area contributed by atoms with Gasteiger partial charge >= 0.3 is 6.09 Å². The number of alkyl carbamates (subject to hydrolysis) is 1. The number of amides is 2. The summed E-state index contributed by atoms with van der Waals surface area (Å²) in [6.45, 7) is 6.93. The number of rotatable bonds is 2. The summed E-state index contributed by atoms with van der Waals surface area (Å²) < 4.78 is 16.4. The van der Waals surface area contributed by atoms with Gasteiger partial charge in [-0.2, -0.15) is 0 Å². The van der Waals surface area contributed by atoms with Gasteiger partial charge in [-0.1, -0.05) is 0 Å². The summed E-state index contributed by atoms with van der Waals surface area (Å²) in [5.41, 5.74) is 0.590. The van der Waals surface area contributed by atoms with Gasteiger partial charge < -0.3 is 24.1 Å². The average Bonchev–Trinajstić information content (AvgIpc) is 2.97. The van der Waals surface area contributed by atoms with E-state index in [2.05, 4.69) is 15.5 Å². The minimum atomic E-state index is -0.869. The first-order chi connectivity index (χ1) is 12.6. The first-order valence-corrected chi connectivity index (χ1v) is 8.48. The number of nitrogens with zero attached hydrogens (tertiary/aromatic N) is 3. The minimum Gasteiger partial charge on any atom is -0.489 e. The Morgan fingerprint density at radius 3 is 2.70 bits per heavy atom. The van der Waals surface area contributed by atoms with Crippen LogP contribution in [0.3, 0.4) is 0 Å². The van der Waals surface area contributed by atoms with Crippen molar-refractivity contribution in [2.24, 2.45) is 0 Å². The van der Waals surface area contributed by atoms with Crippen LogP contribution in [0, 0.1) is 6.92 Å². The number of ether oxygens (including phenoxy) is 2. The van der Waals surface area contributed by atoms with Gasteiger partial charge in [0.1, 0.15) is 24.0 Å². The van der Waals surface area contributed by atoms with Crippen molar-refractivity contribution in [2.45, 2.75) is 39.3 Å². The zero-order valence-corrected chi connectivity index (χ0v) is 15.9. The van der Waals surface area contributed by atoms with Gasteiger partial charge in [0.05, 0.1) is 5.69 Å². The van der Waals surface area contributed by atoms with Crippen LogP contribution in [-0.2, 0) is 9.53 Å². The summed E-state index contributed by atoms with van der Waals surface area (Å²) in [4.78, 5) is 26.2. The summed E-state index contributed by atoms with van der Waals surface area (Å²) in [5, 5.41) is 10.4. The fraction of sp³-hybridized carbons (Fsp3) is 0.444. The van der Waals surface area contributed by atoms with Crippen LogP contribution in [0.2, 0.25) is 0 Å². The summed E-state index contributed by atoms with van der Waals surface area (Å²) in [6, 6.07) is 4.35. The van der Waals surface area contributed by atoms with E-state index in [1.807, 2.05) is 0 Å². The van der Waals surface area contributed by atoms with Crippen molar-refractivity contribution in [3.8, 4) is 17.2 Å². The molecule has 0 unspecified atom stereocenters. The predicted molar refractivity (Wildman–Crippen MR) is 96.5 cm³/mol. The fourth-order valence-corrected chi connectivity index (χ4v) is 2.60. The maximum Gasteiger partial charge on any atom is 0.408 e. The number of aryl methyl sites for hydroxylation is 1. The molecule has 27 heavy (non-hydrogen) atoms. The van der Waals surface area contributed by atoms with Gasteiger partial charge in [0.25, 0.3) is 5.91 Å². The van der Waals surface area contributed by atoms with Crippen molar-refractivity contribution in [3.63, 3.8) is 0 Å². The quantitative estimate of drug-likeness (QED) is 0.859. The summed E-state index contributed by atoms with van der Waals surface area (Å²) in [6.07, 6.45) is -0.675. The average molecular weight is 374 g/mol. The number of likely N-dealkylation sites (N-methyl/N-ethyl adjacent to an activating group) is 1. The molecule has 0 fully saturated rings. The Balaban J connectivity index is 1.81. The zero-order chi connectivity index (χ0) is 19.8. The van der Waals surface area contributed by atoms with E-state index in [0.717, 1.165) is 0 Å². The van der Waals surface area contributed by atoms with Crippen molar-refractivity contribution in [2.75, 3.05) is 18.6 Å². The topological polar surface area (TPSA) is 107 Å². The standard InChI is InChI=1S/C18H22N4O5/c1-10-20-21-15(26-10)11-6-7-13-14(8-11)25-9-12(16(23)22(13)5)19-17(24)27-18(2,3)4/h6-8,12H,9H2,1-5H3,(H,19,24)/t12-/m0/s1. The molecule has 9 nitrogen and oxygen atoms in total. The number of carbonyl (C=O) groups is 2. The van der Waals surface area contributed by atoms with Crippen molar-refractivity contribution in [1.29, 1.82) is 0 Å². The third-order valence-electron chi connectivity index (χ3n) is 3.82. The smallest absolute Gasteiger partial charge is 0.408 e. The molecule has 0 bridgehead atoms. The van der Waals surface area contributed by atoms with Crippen molar-refractivity contribution in [1.82, 2.24) is 15.5 Å². The predicted octanol–water partition coefficient (Wildman–Crippen LogP) is 2.29. The van der Waals surface area contributed by atoms with Gasteiger partial charge in [-0.05, 0) is 39.0 Å². The number of nitrogens with one attached hydrogen (secondary N) is 1. The second-order valence-electron chi connectivity index (χ2n) is 7.22.